The summed E-state index contributed by atoms with van der Waals surface area (Å²) in [6, 6.07) is 0. The van der Waals surface area contributed by atoms with E-state index in [1.165, 1.54) is 0 Å². The summed E-state index contributed by atoms with van der Waals surface area (Å²) in [4.78, 5) is 0. The van der Waals surface area contributed by atoms with Gasteiger partial charge in [-0.15, -0.1) is 0 Å². The Balaban J connectivity index is -0.0000000257. The Morgan fingerprint density at radius 2 is 0.500 bits per heavy atom. The van der Waals surface area contributed by atoms with Crippen molar-refractivity contribution in [3.8, 4) is 0 Å². The van der Waals surface area contributed by atoms with Gasteiger partial charge in [0.25, 0.3) is 0 Å². The molecule has 0 aromatic heterocycles. The van der Waals surface area contributed by atoms with Gasteiger partial charge < -0.3 is 60.3 Å². The van der Waals surface area contributed by atoms with Gasteiger partial charge in [0.2, 0.25) is 0 Å². The Bertz CT molecular complexity index is 67.1. The van der Waals surface area contributed by atoms with Crippen LogP contribution in [0.3, 0.4) is 0 Å². The van der Waals surface area contributed by atoms with E-state index in [4.69, 9.17) is 60.3 Å². The molecule has 0 amide bonds. The first kappa shape index (κ1) is 36.6. The van der Waals surface area contributed by atoms with E-state index < -0.39 is 29.3 Å². The molecule has 0 radical (unpaired) electrons. The van der Waals surface area contributed by atoms with Crippen LogP contribution in [0.2, 0.25) is 0 Å². The molecule has 0 aromatic carbocycles. The zero-order chi connectivity index (χ0) is 14.3. The summed E-state index contributed by atoms with van der Waals surface area (Å²) in [6.07, 6.45) is 0. The van der Waals surface area contributed by atoms with Gasteiger partial charge in [-0.05, 0) is 0 Å². The van der Waals surface area contributed by atoms with Crippen molar-refractivity contribution < 1.29 is 109 Å². The van der Waals surface area contributed by atoms with Crippen molar-refractivity contribution in [2.75, 3.05) is 0 Å². The zero-order valence-electron chi connectivity index (χ0n) is 9.27. The van der Waals surface area contributed by atoms with E-state index >= 15 is 0 Å². The van der Waals surface area contributed by atoms with Gasteiger partial charge in [-0.25, -0.2) is 0 Å². The molecule has 0 aromatic rings. The van der Waals surface area contributed by atoms with Crippen LogP contribution in [0.4, 0.5) is 0 Å². The summed E-state index contributed by atoms with van der Waals surface area (Å²) in [6.45, 7) is 0. The summed E-state index contributed by atoms with van der Waals surface area (Å²) in [5.74, 6) is 0. The van der Waals surface area contributed by atoms with Crippen LogP contribution in [0.5, 0.6) is 0 Å². The molecule has 0 saturated heterocycles. The fourth-order valence-electron chi connectivity index (χ4n) is 0. The topological polar surface area (TPSA) is 251 Å². The van der Waals surface area contributed by atoms with E-state index in [9.17, 15) is 0 Å². The smallest absolute Gasteiger partial charge is 0.907 e. The SMILES string of the molecule is OB(O)O.OB(O)O.OB(O)O.[Na+].[O-]B([O-])[O-].[Zn+2]. The molecule has 0 aliphatic heterocycles. The Morgan fingerprint density at radius 1 is 0.500 bits per heavy atom. The molecular weight excluding hydrogens is 324 g/mol. The minimum absolute atomic E-state index is 0. The minimum atomic E-state index is -2.92. The molecular formula is H9B4NaO12Zn. The molecule has 9 N–H and O–H groups in total. The van der Waals surface area contributed by atoms with Crippen molar-refractivity contribution in [3.63, 3.8) is 0 Å². The van der Waals surface area contributed by atoms with Gasteiger partial charge in [-0.3, -0.25) is 7.32 Å². The third-order valence-corrected chi connectivity index (χ3v) is 0. The van der Waals surface area contributed by atoms with E-state index in [1.807, 2.05) is 0 Å². The van der Waals surface area contributed by atoms with E-state index in [0.29, 0.717) is 0 Å². The minimum Gasteiger partial charge on any atom is -0.907 e. The molecule has 0 aliphatic rings. The predicted octanol–water partition coefficient (Wildman–Crippen LogP) is -13.1. The monoisotopic (exact) mass is 332 g/mol. The van der Waals surface area contributed by atoms with Gasteiger partial charge >= 0.3 is 71.0 Å². The van der Waals surface area contributed by atoms with Gasteiger partial charge in [-0.2, -0.15) is 0 Å². The standard InChI is InChI=1S/3BH3O3.BO3.Na.Zn/c4*2-1(3)4;;/h3*2-4H;;;/q;;;-3;+1;+2. The predicted molar refractivity (Wildman–Crippen MR) is 43.0 cm³/mol. The van der Waals surface area contributed by atoms with E-state index in [-0.39, 0.29) is 49.0 Å². The molecule has 0 fully saturated rings. The molecule has 18 heteroatoms. The summed E-state index contributed by atoms with van der Waals surface area (Å²) in [5.41, 5.74) is 0. The van der Waals surface area contributed by atoms with Crippen LogP contribution < -0.4 is 44.6 Å². The molecule has 96 valence electrons. The van der Waals surface area contributed by atoms with Crippen molar-refractivity contribution in [2.24, 2.45) is 0 Å². The van der Waals surface area contributed by atoms with E-state index in [1.54, 1.807) is 0 Å². The number of rotatable bonds is 0. The van der Waals surface area contributed by atoms with Crippen molar-refractivity contribution in [2.45, 2.75) is 0 Å². The van der Waals surface area contributed by atoms with Crippen LogP contribution in [0.1, 0.15) is 0 Å². The fourth-order valence-corrected chi connectivity index (χ4v) is 0. The summed E-state index contributed by atoms with van der Waals surface area (Å²) in [5, 5.41) is 89.8. The molecule has 0 bridgehead atoms. The maximum absolute atomic E-state index is 8.42. The molecule has 0 spiro atoms. The summed E-state index contributed by atoms with van der Waals surface area (Å²) in [7, 11) is -9.42. The number of hydrogen-bond donors (Lipinski definition) is 9. The van der Waals surface area contributed by atoms with Crippen LogP contribution in [-0.4, -0.2) is 74.5 Å². The van der Waals surface area contributed by atoms with Crippen molar-refractivity contribution >= 4 is 29.3 Å². The van der Waals surface area contributed by atoms with E-state index in [2.05, 4.69) is 0 Å². The first-order valence-corrected chi connectivity index (χ1v) is 3.03. The molecule has 0 unspecified atom stereocenters. The Kier molecular flexibility index (Phi) is 63.1. The molecule has 0 rings (SSSR count). The molecule has 18 heavy (non-hydrogen) atoms. The molecule has 0 atom stereocenters. The van der Waals surface area contributed by atoms with Gasteiger partial charge in [-0.1, -0.05) is 0 Å². The fraction of sp³-hybridized carbons (Fsp3) is 0. The Hall–Kier alpha value is 1.40. The van der Waals surface area contributed by atoms with Gasteiger partial charge in [0.15, 0.2) is 0 Å². The summed E-state index contributed by atoms with van der Waals surface area (Å²) >= 11 is 0. The van der Waals surface area contributed by atoms with Crippen molar-refractivity contribution in [1.82, 2.24) is 0 Å². The molecule has 12 nitrogen and oxygen atoms in total. The molecule has 0 aliphatic carbocycles. The third-order valence-electron chi connectivity index (χ3n) is 0. The van der Waals surface area contributed by atoms with Crippen LogP contribution >= 0.6 is 0 Å². The Labute approximate surface area is 138 Å². The first-order valence-electron chi connectivity index (χ1n) is 3.03. The zero-order valence-corrected chi connectivity index (χ0v) is 14.2. The summed E-state index contributed by atoms with van der Waals surface area (Å²) < 4.78 is 0. The Morgan fingerprint density at radius 3 is 0.500 bits per heavy atom. The van der Waals surface area contributed by atoms with E-state index in [0.717, 1.165) is 0 Å². The molecule has 0 heterocycles. The second-order valence-corrected chi connectivity index (χ2v) is 1.33. The van der Waals surface area contributed by atoms with Crippen LogP contribution in [0.15, 0.2) is 0 Å². The second-order valence-electron chi connectivity index (χ2n) is 1.33. The third kappa shape index (κ3) is 2380. The van der Waals surface area contributed by atoms with Crippen LogP contribution in [-0.2, 0) is 19.5 Å². The van der Waals surface area contributed by atoms with Gasteiger partial charge in [0.1, 0.15) is 0 Å². The first-order chi connectivity index (χ1) is 6.93. The van der Waals surface area contributed by atoms with Gasteiger partial charge in [0.05, 0.1) is 0 Å². The number of hydrogen-bond acceptors (Lipinski definition) is 12. The quantitative estimate of drug-likeness (QED) is 0.187. The van der Waals surface area contributed by atoms with Crippen molar-refractivity contribution in [1.29, 1.82) is 0 Å². The normalized spacial score (nSPS) is 6.00. The average Bonchev–Trinajstić information content (AvgIpc) is 1.76. The van der Waals surface area contributed by atoms with Crippen molar-refractivity contribution in [3.05, 3.63) is 0 Å². The van der Waals surface area contributed by atoms with Gasteiger partial charge in [0, 0.05) is 0 Å². The van der Waals surface area contributed by atoms with Crippen LogP contribution in [0.25, 0.3) is 0 Å². The average molecular weight is 333 g/mol. The largest absolute Gasteiger partial charge is 2.00 e. The molecule has 0 saturated carbocycles. The maximum atomic E-state index is 8.42. The second kappa shape index (κ2) is 31.0. The van der Waals surface area contributed by atoms with Crippen LogP contribution in [0, 0.1) is 0 Å². The maximum Gasteiger partial charge on any atom is 2.00 e.